The Bertz CT molecular complexity index is 624. The molecule has 6 heteroatoms. The van der Waals surface area contributed by atoms with Crippen LogP contribution >= 0.6 is 0 Å². The second-order valence-electron chi connectivity index (χ2n) is 4.22. The largest absolute Gasteiger partial charge is 0.477 e. The van der Waals surface area contributed by atoms with Crippen molar-refractivity contribution in [3.05, 3.63) is 41.8 Å². The van der Waals surface area contributed by atoms with E-state index in [1.165, 1.54) is 18.3 Å². The summed E-state index contributed by atoms with van der Waals surface area (Å²) in [4.78, 5) is 12.1. The zero-order valence-corrected chi connectivity index (χ0v) is 10.1. The first kappa shape index (κ1) is 11.7. The van der Waals surface area contributed by atoms with Crippen molar-refractivity contribution < 1.29 is 13.9 Å². The van der Waals surface area contributed by atoms with E-state index >= 15 is 0 Å². The normalized spacial score (nSPS) is 13.5. The van der Waals surface area contributed by atoms with Gasteiger partial charge in [0.05, 0.1) is 18.5 Å². The van der Waals surface area contributed by atoms with Crippen LogP contribution < -0.4 is 10.1 Å². The number of aromatic nitrogens is 2. The summed E-state index contributed by atoms with van der Waals surface area (Å²) in [6.07, 6.45) is 2.31. The third kappa shape index (κ3) is 2.16. The van der Waals surface area contributed by atoms with Gasteiger partial charge in [-0.25, -0.2) is 9.07 Å². The highest BCUT2D eigenvalue weighted by atomic mass is 19.1. The standard InChI is InChI=1S/C13H12FN3O2/c14-10-4-1-2-5-11(10)16-12(18)9-8-15-17-6-3-7-19-13(9)17/h1-2,4-5,8H,3,6-7H2,(H,16,18). The number of rotatable bonds is 2. The number of carbonyl (C=O) groups is 1. The molecule has 0 unspecified atom stereocenters. The molecule has 1 amide bonds. The van der Waals surface area contributed by atoms with E-state index in [-0.39, 0.29) is 5.69 Å². The monoisotopic (exact) mass is 261 g/mol. The Hall–Kier alpha value is -2.37. The molecule has 1 aromatic carbocycles. The lowest BCUT2D eigenvalue weighted by Gasteiger charge is -2.15. The molecule has 2 heterocycles. The number of anilines is 1. The maximum atomic E-state index is 13.5. The molecule has 0 saturated heterocycles. The van der Waals surface area contributed by atoms with Crippen molar-refractivity contribution in [2.75, 3.05) is 11.9 Å². The number of hydrogen-bond donors (Lipinski definition) is 1. The molecule has 0 radical (unpaired) electrons. The van der Waals surface area contributed by atoms with Crippen molar-refractivity contribution in [1.29, 1.82) is 0 Å². The Morgan fingerprint density at radius 1 is 1.42 bits per heavy atom. The number of hydrogen-bond acceptors (Lipinski definition) is 3. The molecule has 0 saturated carbocycles. The zero-order valence-electron chi connectivity index (χ0n) is 10.1. The minimum absolute atomic E-state index is 0.142. The quantitative estimate of drug-likeness (QED) is 0.900. The number of para-hydroxylation sites is 1. The molecule has 0 spiro atoms. The van der Waals surface area contributed by atoms with E-state index in [1.54, 1.807) is 16.8 Å². The number of amides is 1. The van der Waals surface area contributed by atoms with Gasteiger partial charge in [-0.1, -0.05) is 12.1 Å². The SMILES string of the molecule is O=C(Nc1ccccc1F)c1cnn2c1OCCC2. The molecule has 1 N–H and O–H groups in total. The molecule has 0 aliphatic carbocycles. The minimum atomic E-state index is -0.474. The molecule has 0 fully saturated rings. The molecular formula is C13H12FN3O2. The summed E-state index contributed by atoms with van der Waals surface area (Å²) in [5.74, 6) is -0.453. The second-order valence-corrected chi connectivity index (χ2v) is 4.22. The number of fused-ring (bicyclic) bond motifs is 1. The lowest BCUT2D eigenvalue weighted by atomic mass is 10.2. The molecule has 19 heavy (non-hydrogen) atoms. The second kappa shape index (κ2) is 4.72. The van der Waals surface area contributed by atoms with Gasteiger partial charge in [0.15, 0.2) is 0 Å². The fourth-order valence-electron chi connectivity index (χ4n) is 1.98. The van der Waals surface area contributed by atoms with Crippen LogP contribution in [0.2, 0.25) is 0 Å². The number of benzene rings is 1. The van der Waals surface area contributed by atoms with E-state index < -0.39 is 11.7 Å². The summed E-state index contributed by atoms with van der Waals surface area (Å²) in [6, 6.07) is 6.02. The van der Waals surface area contributed by atoms with Crippen molar-refractivity contribution in [2.45, 2.75) is 13.0 Å². The Kier molecular flexibility index (Phi) is 2.91. The third-order valence-electron chi connectivity index (χ3n) is 2.91. The van der Waals surface area contributed by atoms with Gasteiger partial charge in [0.1, 0.15) is 11.4 Å². The third-order valence-corrected chi connectivity index (χ3v) is 2.91. The summed E-state index contributed by atoms with van der Waals surface area (Å²) in [6.45, 7) is 1.29. The van der Waals surface area contributed by atoms with Crippen LogP contribution in [0.3, 0.4) is 0 Å². The van der Waals surface area contributed by atoms with Crippen LogP contribution in [-0.4, -0.2) is 22.3 Å². The first-order valence-electron chi connectivity index (χ1n) is 6.00. The van der Waals surface area contributed by atoms with Crippen LogP contribution in [0.1, 0.15) is 16.8 Å². The molecule has 1 aliphatic heterocycles. The van der Waals surface area contributed by atoms with Gasteiger partial charge in [-0.2, -0.15) is 5.10 Å². The van der Waals surface area contributed by atoms with Gasteiger partial charge >= 0.3 is 0 Å². The number of nitrogens with zero attached hydrogens (tertiary/aromatic N) is 2. The van der Waals surface area contributed by atoms with Crippen LogP contribution in [0.25, 0.3) is 0 Å². The molecular weight excluding hydrogens is 249 g/mol. The van der Waals surface area contributed by atoms with E-state index in [0.29, 0.717) is 18.1 Å². The van der Waals surface area contributed by atoms with Crippen LogP contribution in [0.5, 0.6) is 5.88 Å². The van der Waals surface area contributed by atoms with Gasteiger partial charge < -0.3 is 10.1 Å². The molecule has 98 valence electrons. The highest BCUT2D eigenvalue weighted by Gasteiger charge is 2.22. The molecule has 2 aromatic rings. The maximum Gasteiger partial charge on any atom is 0.262 e. The van der Waals surface area contributed by atoms with Gasteiger partial charge in [-0.3, -0.25) is 4.79 Å². The van der Waals surface area contributed by atoms with E-state index in [0.717, 1.165) is 13.0 Å². The summed E-state index contributed by atoms with van der Waals surface area (Å²) in [5.41, 5.74) is 0.464. The number of halogens is 1. The van der Waals surface area contributed by atoms with Crippen molar-refractivity contribution in [3.8, 4) is 5.88 Å². The fraction of sp³-hybridized carbons (Fsp3) is 0.231. The predicted octanol–water partition coefficient (Wildman–Crippen LogP) is 2.06. The average Bonchev–Trinajstić information content (AvgIpc) is 2.85. The number of nitrogens with one attached hydrogen (secondary N) is 1. The molecule has 1 aliphatic rings. The molecule has 0 atom stereocenters. The van der Waals surface area contributed by atoms with Crippen molar-refractivity contribution in [2.24, 2.45) is 0 Å². The van der Waals surface area contributed by atoms with Gasteiger partial charge in [0.2, 0.25) is 5.88 Å². The van der Waals surface area contributed by atoms with Crippen LogP contribution in [0.15, 0.2) is 30.5 Å². The van der Waals surface area contributed by atoms with E-state index in [9.17, 15) is 9.18 Å². The van der Waals surface area contributed by atoms with Gasteiger partial charge in [0, 0.05) is 13.0 Å². The zero-order chi connectivity index (χ0) is 13.2. The fourth-order valence-corrected chi connectivity index (χ4v) is 1.98. The number of ether oxygens (including phenoxy) is 1. The van der Waals surface area contributed by atoms with E-state index in [2.05, 4.69) is 10.4 Å². The topological polar surface area (TPSA) is 56.2 Å². The first-order valence-corrected chi connectivity index (χ1v) is 6.00. The lowest BCUT2D eigenvalue weighted by Crippen LogP contribution is -2.18. The summed E-state index contributed by atoms with van der Waals surface area (Å²) in [5, 5.41) is 6.59. The lowest BCUT2D eigenvalue weighted by molar-refractivity contribution is 0.102. The van der Waals surface area contributed by atoms with Crippen molar-refractivity contribution >= 4 is 11.6 Å². The highest BCUT2D eigenvalue weighted by Crippen LogP contribution is 2.23. The van der Waals surface area contributed by atoms with Crippen LogP contribution in [-0.2, 0) is 6.54 Å². The molecule has 1 aromatic heterocycles. The van der Waals surface area contributed by atoms with Crippen LogP contribution in [0, 0.1) is 5.82 Å². The summed E-state index contributed by atoms with van der Waals surface area (Å²) in [7, 11) is 0. The van der Waals surface area contributed by atoms with Crippen molar-refractivity contribution in [1.82, 2.24) is 9.78 Å². The minimum Gasteiger partial charge on any atom is -0.477 e. The Morgan fingerprint density at radius 3 is 3.11 bits per heavy atom. The first-order chi connectivity index (χ1) is 9.25. The van der Waals surface area contributed by atoms with Crippen molar-refractivity contribution in [3.63, 3.8) is 0 Å². The molecule has 0 bridgehead atoms. The Labute approximate surface area is 109 Å². The maximum absolute atomic E-state index is 13.5. The Balaban J connectivity index is 1.85. The van der Waals surface area contributed by atoms with E-state index in [4.69, 9.17) is 4.74 Å². The molecule has 3 rings (SSSR count). The Morgan fingerprint density at radius 2 is 2.26 bits per heavy atom. The molecule has 5 nitrogen and oxygen atoms in total. The van der Waals surface area contributed by atoms with Crippen LogP contribution in [0.4, 0.5) is 10.1 Å². The van der Waals surface area contributed by atoms with E-state index in [1.807, 2.05) is 0 Å². The van der Waals surface area contributed by atoms with Gasteiger partial charge in [0.25, 0.3) is 5.91 Å². The number of aryl methyl sites for hydroxylation is 1. The van der Waals surface area contributed by atoms with Gasteiger partial charge in [-0.05, 0) is 12.1 Å². The predicted molar refractivity (Wildman–Crippen MR) is 66.7 cm³/mol. The smallest absolute Gasteiger partial charge is 0.262 e. The summed E-state index contributed by atoms with van der Waals surface area (Å²) < 4.78 is 20.5. The highest BCUT2D eigenvalue weighted by molar-refractivity contribution is 6.05. The van der Waals surface area contributed by atoms with Gasteiger partial charge in [-0.15, -0.1) is 0 Å². The average molecular weight is 261 g/mol. The summed E-state index contributed by atoms with van der Waals surface area (Å²) >= 11 is 0. The number of carbonyl (C=O) groups excluding carboxylic acids is 1.